The van der Waals surface area contributed by atoms with E-state index in [2.05, 4.69) is 5.32 Å². The van der Waals surface area contributed by atoms with Crippen molar-refractivity contribution in [3.63, 3.8) is 0 Å². The van der Waals surface area contributed by atoms with Crippen molar-refractivity contribution in [3.05, 3.63) is 69.0 Å². The van der Waals surface area contributed by atoms with Gasteiger partial charge in [0.1, 0.15) is 5.75 Å². The fraction of sp³-hybridized carbons (Fsp3) is 0.143. The average molecular weight is 414 g/mol. The number of esters is 1. The third-order valence-corrected chi connectivity index (χ3v) is 5.55. The Morgan fingerprint density at radius 3 is 2.54 bits per heavy atom. The molecular weight excluding hydrogens is 394 g/mol. The predicted octanol–water partition coefficient (Wildman–Crippen LogP) is 4.93. The molecule has 0 saturated heterocycles. The Bertz CT molecular complexity index is 962. The molecule has 1 N–H and O–H groups in total. The van der Waals surface area contributed by atoms with Gasteiger partial charge in [-0.15, -0.1) is 22.7 Å². The quantitative estimate of drug-likeness (QED) is 0.441. The lowest BCUT2D eigenvalue weighted by Crippen LogP contribution is -2.30. The van der Waals surface area contributed by atoms with Crippen LogP contribution in [-0.2, 0) is 14.3 Å². The van der Waals surface area contributed by atoms with Crippen LogP contribution in [0.4, 0.5) is 5.69 Å². The summed E-state index contributed by atoms with van der Waals surface area (Å²) in [7, 11) is 1.55. The van der Waals surface area contributed by atoms with E-state index in [4.69, 9.17) is 9.47 Å². The van der Waals surface area contributed by atoms with Crippen LogP contribution in [0, 0.1) is 0 Å². The van der Waals surface area contributed by atoms with E-state index in [1.165, 1.54) is 22.7 Å². The summed E-state index contributed by atoms with van der Waals surface area (Å²) in [6.45, 7) is 1.55. The van der Waals surface area contributed by atoms with E-state index in [1.54, 1.807) is 44.4 Å². The molecule has 0 radical (unpaired) electrons. The van der Waals surface area contributed by atoms with Crippen LogP contribution in [0.2, 0.25) is 0 Å². The van der Waals surface area contributed by atoms with Crippen LogP contribution in [0.3, 0.4) is 0 Å². The first-order valence-electron chi connectivity index (χ1n) is 8.52. The Kier molecular flexibility index (Phi) is 6.62. The molecule has 2 aromatic heterocycles. The average Bonchev–Trinajstić information content (AvgIpc) is 3.40. The minimum atomic E-state index is -0.953. The van der Waals surface area contributed by atoms with Crippen LogP contribution in [-0.4, -0.2) is 25.1 Å². The first kappa shape index (κ1) is 19.9. The summed E-state index contributed by atoms with van der Waals surface area (Å²) in [6, 6.07) is 14.5. The number of amides is 1. The zero-order valence-electron chi connectivity index (χ0n) is 15.4. The number of thiophene rings is 2. The molecule has 0 spiro atoms. The van der Waals surface area contributed by atoms with Gasteiger partial charge in [-0.05, 0) is 48.0 Å². The number of methoxy groups -OCH3 is 1. The topological polar surface area (TPSA) is 64.6 Å². The Morgan fingerprint density at radius 1 is 1.07 bits per heavy atom. The van der Waals surface area contributed by atoms with Crippen LogP contribution in [0.25, 0.3) is 11.6 Å². The zero-order chi connectivity index (χ0) is 19.9. The Hall–Kier alpha value is -2.90. The Morgan fingerprint density at radius 2 is 1.86 bits per heavy atom. The monoisotopic (exact) mass is 413 g/mol. The van der Waals surface area contributed by atoms with E-state index in [0.717, 1.165) is 9.75 Å². The number of carbonyl (C=O) groups excluding carboxylic acids is 2. The standard InChI is InChI=1S/C21H19NO4S2/c1-14(20(23)22-15-6-3-7-16(12-15)25-2)26-21(24)18(19-9-5-11-28-19)13-17-8-4-10-27-17/h3-14H,1-2H3,(H,22,23)/b18-13+/t14-/m1/s1. The Balaban J connectivity index is 1.71. The van der Waals surface area contributed by atoms with Gasteiger partial charge in [0.2, 0.25) is 0 Å². The number of benzene rings is 1. The summed E-state index contributed by atoms with van der Waals surface area (Å²) in [5.41, 5.74) is 0.998. The molecular formula is C21H19NO4S2. The highest BCUT2D eigenvalue weighted by molar-refractivity contribution is 7.12. The summed E-state index contributed by atoms with van der Waals surface area (Å²) in [5.74, 6) is -0.325. The van der Waals surface area contributed by atoms with Crippen molar-refractivity contribution in [2.45, 2.75) is 13.0 Å². The molecule has 0 unspecified atom stereocenters. The van der Waals surface area contributed by atoms with Gasteiger partial charge in [-0.1, -0.05) is 18.2 Å². The highest BCUT2D eigenvalue weighted by Crippen LogP contribution is 2.26. The maximum absolute atomic E-state index is 12.8. The predicted molar refractivity (Wildman–Crippen MR) is 114 cm³/mol. The lowest BCUT2D eigenvalue weighted by atomic mass is 10.2. The molecule has 144 valence electrons. The molecule has 1 aromatic carbocycles. The number of carbonyl (C=O) groups is 2. The van der Waals surface area contributed by atoms with Crippen molar-refractivity contribution in [2.75, 3.05) is 12.4 Å². The lowest BCUT2D eigenvalue weighted by molar-refractivity contribution is -0.147. The molecule has 3 aromatic rings. The maximum atomic E-state index is 12.8. The molecule has 0 saturated carbocycles. The number of hydrogen-bond donors (Lipinski definition) is 1. The molecule has 7 heteroatoms. The highest BCUT2D eigenvalue weighted by atomic mass is 32.1. The number of anilines is 1. The van der Waals surface area contributed by atoms with E-state index in [1.807, 2.05) is 35.0 Å². The first-order valence-corrected chi connectivity index (χ1v) is 10.3. The molecule has 2 heterocycles. The third kappa shape index (κ3) is 5.09. The molecule has 5 nitrogen and oxygen atoms in total. The van der Waals surface area contributed by atoms with E-state index < -0.39 is 18.0 Å². The van der Waals surface area contributed by atoms with Crippen LogP contribution in [0.1, 0.15) is 16.7 Å². The normalized spacial score (nSPS) is 12.3. The summed E-state index contributed by atoms with van der Waals surface area (Å²) >= 11 is 2.97. The van der Waals surface area contributed by atoms with Gasteiger partial charge >= 0.3 is 5.97 Å². The Labute approximate surface area is 171 Å². The van der Waals surface area contributed by atoms with Crippen molar-refractivity contribution in [2.24, 2.45) is 0 Å². The number of hydrogen-bond acceptors (Lipinski definition) is 6. The van der Waals surface area contributed by atoms with E-state index >= 15 is 0 Å². The van der Waals surface area contributed by atoms with Crippen LogP contribution >= 0.6 is 22.7 Å². The van der Waals surface area contributed by atoms with Gasteiger partial charge in [-0.25, -0.2) is 4.79 Å². The van der Waals surface area contributed by atoms with E-state index in [9.17, 15) is 9.59 Å². The van der Waals surface area contributed by atoms with Crippen LogP contribution in [0.5, 0.6) is 5.75 Å². The van der Waals surface area contributed by atoms with Crippen molar-refractivity contribution in [1.82, 2.24) is 0 Å². The number of rotatable bonds is 7. The summed E-state index contributed by atoms with van der Waals surface area (Å²) in [6.07, 6.45) is 0.830. The van der Waals surface area contributed by atoms with Crippen LogP contribution < -0.4 is 10.1 Å². The molecule has 3 rings (SSSR count). The number of nitrogens with one attached hydrogen (secondary N) is 1. The summed E-state index contributed by atoms with van der Waals surface area (Å²) in [4.78, 5) is 26.9. The van der Waals surface area contributed by atoms with Crippen molar-refractivity contribution >= 4 is 51.9 Å². The second kappa shape index (κ2) is 9.34. The second-order valence-corrected chi connectivity index (χ2v) is 7.75. The minimum Gasteiger partial charge on any atom is -0.497 e. The maximum Gasteiger partial charge on any atom is 0.340 e. The van der Waals surface area contributed by atoms with Crippen molar-refractivity contribution in [3.8, 4) is 5.75 Å². The SMILES string of the molecule is COc1cccc(NC(=O)[C@@H](C)OC(=O)/C(=C/c2cccs2)c2cccs2)c1. The number of ether oxygens (including phenoxy) is 2. The highest BCUT2D eigenvalue weighted by Gasteiger charge is 2.22. The smallest absolute Gasteiger partial charge is 0.340 e. The molecule has 0 aliphatic rings. The second-order valence-electron chi connectivity index (χ2n) is 5.82. The largest absolute Gasteiger partial charge is 0.497 e. The van der Waals surface area contributed by atoms with Gasteiger partial charge in [0.05, 0.1) is 12.7 Å². The van der Waals surface area contributed by atoms with Gasteiger partial charge < -0.3 is 14.8 Å². The molecule has 0 aliphatic heterocycles. The van der Waals surface area contributed by atoms with Gasteiger partial charge in [0.25, 0.3) is 5.91 Å². The zero-order valence-corrected chi connectivity index (χ0v) is 17.0. The fourth-order valence-corrected chi connectivity index (χ4v) is 3.79. The van der Waals surface area contributed by atoms with E-state index in [0.29, 0.717) is 17.0 Å². The molecule has 0 aliphatic carbocycles. The molecule has 28 heavy (non-hydrogen) atoms. The molecule has 0 fully saturated rings. The first-order chi connectivity index (χ1) is 13.6. The van der Waals surface area contributed by atoms with E-state index in [-0.39, 0.29) is 0 Å². The van der Waals surface area contributed by atoms with Crippen molar-refractivity contribution in [1.29, 1.82) is 0 Å². The van der Waals surface area contributed by atoms with Gasteiger partial charge in [0.15, 0.2) is 6.10 Å². The lowest BCUT2D eigenvalue weighted by Gasteiger charge is -2.15. The van der Waals surface area contributed by atoms with Gasteiger partial charge in [-0.3, -0.25) is 4.79 Å². The molecule has 1 amide bonds. The molecule has 1 atom stereocenters. The summed E-state index contributed by atoms with van der Waals surface area (Å²) in [5, 5.41) is 6.56. The fourth-order valence-electron chi connectivity index (χ4n) is 2.40. The van der Waals surface area contributed by atoms with Crippen molar-refractivity contribution < 1.29 is 19.1 Å². The summed E-state index contributed by atoms with van der Waals surface area (Å²) < 4.78 is 10.6. The van der Waals surface area contributed by atoms with Crippen LogP contribution in [0.15, 0.2) is 59.3 Å². The third-order valence-electron chi connectivity index (χ3n) is 3.83. The van der Waals surface area contributed by atoms with Gasteiger partial charge in [0, 0.05) is 21.5 Å². The van der Waals surface area contributed by atoms with Gasteiger partial charge in [-0.2, -0.15) is 0 Å². The minimum absolute atomic E-state index is 0.414. The molecule has 0 bridgehead atoms.